The summed E-state index contributed by atoms with van der Waals surface area (Å²) in [6, 6.07) is 69.7. The van der Waals surface area contributed by atoms with Crippen LogP contribution in [0.5, 0.6) is 0 Å². The lowest BCUT2D eigenvalue weighted by molar-refractivity contribution is 0.649. The minimum absolute atomic E-state index is 0. The number of nitrogens with zero attached hydrogens (tertiary/aromatic N) is 2. The average Bonchev–Trinajstić information content (AvgIpc) is 4.03. The van der Waals surface area contributed by atoms with Crippen LogP contribution < -0.4 is 9.80 Å². The molecular weight excluding hydrogens is 781 g/mol. The number of anilines is 6. The van der Waals surface area contributed by atoms with E-state index in [4.69, 9.17) is 8.83 Å². The highest BCUT2D eigenvalue weighted by Crippen LogP contribution is 2.62. The van der Waals surface area contributed by atoms with Crippen LogP contribution in [0.25, 0.3) is 66.1 Å². The molecule has 0 fully saturated rings. The Kier molecular flexibility index (Phi) is 7.67. The number of para-hydroxylation sites is 6. The normalized spacial score (nSPS) is 14.2. The zero-order valence-electron chi connectivity index (χ0n) is 36.2. The lowest BCUT2D eigenvalue weighted by Crippen LogP contribution is -2.18. The molecule has 11 aromatic rings. The summed E-state index contributed by atoms with van der Waals surface area (Å²) in [5.74, 6) is 0. The first-order chi connectivity index (χ1) is 31.3. The van der Waals surface area contributed by atoms with Gasteiger partial charge in [-0.15, -0.1) is 0 Å². The highest BCUT2D eigenvalue weighted by Gasteiger charge is 2.45. The second-order valence-corrected chi connectivity index (χ2v) is 18.4. The Balaban J connectivity index is 0.00000444. The highest BCUT2D eigenvalue weighted by molar-refractivity contribution is 6.21. The average molecular weight is 828 g/mol. The first kappa shape index (κ1) is 36.8. The van der Waals surface area contributed by atoms with E-state index in [1.54, 1.807) is 0 Å². The van der Waals surface area contributed by atoms with Crippen molar-refractivity contribution >= 4 is 78.0 Å². The fraction of sp³-hybridized carbons (Fsp3) is 0.100. The molecule has 13 rings (SSSR count). The molecule has 0 spiro atoms. The zero-order chi connectivity index (χ0) is 42.9. The molecule has 2 aromatic heterocycles. The van der Waals surface area contributed by atoms with Crippen LogP contribution in [-0.4, -0.2) is 0 Å². The summed E-state index contributed by atoms with van der Waals surface area (Å²) in [6.45, 7) is 9.58. The maximum absolute atomic E-state index is 7.12. The summed E-state index contributed by atoms with van der Waals surface area (Å²) in [5.41, 5.74) is 19.5. The fourth-order valence-corrected chi connectivity index (χ4v) is 11.1. The maximum atomic E-state index is 7.12. The Labute approximate surface area is 373 Å². The maximum Gasteiger partial charge on any atom is 0.160 e. The Bertz CT molecular complexity index is 3590. The highest BCUT2D eigenvalue weighted by atomic mass is 16.3. The van der Waals surface area contributed by atoms with Crippen LogP contribution in [0.4, 0.5) is 34.1 Å². The lowest BCUT2D eigenvalue weighted by atomic mass is 9.79. The van der Waals surface area contributed by atoms with Crippen LogP contribution >= 0.6 is 0 Å². The third-order valence-electron chi connectivity index (χ3n) is 14.2. The number of fused-ring (bicyclic) bond motifs is 14. The van der Waals surface area contributed by atoms with Crippen molar-refractivity contribution in [3.63, 3.8) is 0 Å². The summed E-state index contributed by atoms with van der Waals surface area (Å²) < 4.78 is 14.1. The standard InChI is InChI=1S/C60H44N2O2.H2/c1-59(2)45-34-44-46(33-43(45)53-47(59)36-50(57-56(53)42-30-18-20-32-52(42)63-57)62(39-25-13-7-14-26-39)40-27-15-8-16-28-40)60(3,4)48-35-49(55-41-29-17-19-31-51(41)64-58(55)54(44)48)61(37-21-9-5-10-22-37)38-23-11-6-12-24-38;/h5-36H,1-4H3;1H/i;1+1. The molecule has 0 amide bonds. The molecule has 0 unspecified atom stereocenters. The molecule has 0 N–H and O–H groups in total. The monoisotopic (exact) mass is 827 g/mol. The topological polar surface area (TPSA) is 32.8 Å². The Morgan fingerprint density at radius 3 is 1.23 bits per heavy atom. The van der Waals surface area contributed by atoms with E-state index in [1.165, 1.54) is 44.5 Å². The van der Waals surface area contributed by atoms with Crippen molar-refractivity contribution in [3.05, 3.63) is 216 Å². The van der Waals surface area contributed by atoms with Gasteiger partial charge in [-0.3, -0.25) is 0 Å². The molecule has 0 atom stereocenters. The van der Waals surface area contributed by atoms with Gasteiger partial charge in [0, 0.05) is 56.7 Å². The van der Waals surface area contributed by atoms with Gasteiger partial charge in [0.15, 0.2) is 5.58 Å². The van der Waals surface area contributed by atoms with E-state index in [2.05, 4.69) is 232 Å². The minimum atomic E-state index is -0.359. The smallest absolute Gasteiger partial charge is 0.160 e. The van der Waals surface area contributed by atoms with E-state index in [0.717, 1.165) is 78.0 Å². The molecular formula is C60H46N2O2. The van der Waals surface area contributed by atoms with E-state index in [9.17, 15) is 0 Å². The zero-order valence-corrected chi connectivity index (χ0v) is 36.2. The number of rotatable bonds is 6. The SMILES string of the molecule is CC1(C)c2cc3c(cc2-c2c1cc(N(c1ccccc1)c1ccccc1)c1c2oc2ccccc21)C(C)(C)c1cc(N(c2ccccc2)c2ccccc2)c2oc4ccccc4c2c1-3.[2HH]. The van der Waals surface area contributed by atoms with Crippen molar-refractivity contribution in [3.8, 4) is 22.3 Å². The van der Waals surface area contributed by atoms with Gasteiger partial charge in [-0.05, 0) is 124 Å². The van der Waals surface area contributed by atoms with Gasteiger partial charge in [0.2, 0.25) is 0 Å². The Morgan fingerprint density at radius 1 is 0.359 bits per heavy atom. The Hall–Kier alpha value is -7.82. The summed E-state index contributed by atoms with van der Waals surface area (Å²) in [5, 5.41) is 4.50. The summed E-state index contributed by atoms with van der Waals surface area (Å²) >= 11 is 0. The van der Waals surface area contributed by atoms with Crippen molar-refractivity contribution in [2.75, 3.05) is 9.80 Å². The van der Waals surface area contributed by atoms with Crippen molar-refractivity contribution in [2.24, 2.45) is 0 Å². The van der Waals surface area contributed by atoms with Gasteiger partial charge in [-0.25, -0.2) is 0 Å². The third kappa shape index (κ3) is 5.05. The molecule has 9 aromatic carbocycles. The molecule has 2 aliphatic rings. The second kappa shape index (κ2) is 13.3. The molecule has 4 heteroatoms. The van der Waals surface area contributed by atoms with Gasteiger partial charge < -0.3 is 18.6 Å². The lowest BCUT2D eigenvalue weighted by Gasteiger charge is -2.29. The molecule has 4 nitrogen and oxygen atoms in total. The molecule has 0 radical (unpaired) electrons. The fourth-order valence-electron chi connectivity index (χ4n) is 11.1. The molecule has 0 saturated heterocycles. The van der Waals surface area contributed by atoms with Gasteiger partial charge in [-0.1, -0.05) is 137 Å². The molecule has 0 aliphatic heterocycles. The molecule has 64 heavy (non-hydrogen) atoms. The number of benzene rings is 9. The molecule has 2 heterocycles. The van der Waals surface area contributed by atoms with Gasteiger partial charge in [0.1, 0.15) is 16.7 Å². The predicted molar refractivity (Wildman–Crippen MR) is 268 cm³/mol. The van der Waals surface area contributed by atoms with Crippen LogP contribution in [-0.2, 0) is 10.8 Å². The van der Waals surface area contributed by atoms with Gasteiger partial charge >= 0.3 is 0 Å². The van der Waals surface area contributed by atoms with Crippen LogP contribution in [0.3, 0.4) is 0 Å². The van der Waals surface area contributed by atoms with E-state index >= 15 is 0 Å². The number of hydrogen-bond acceptors (Lipinski definition) is 4. The Morgan fingerprint density at radius 2 is 0.734 bits per heavy atom. The van der Waals surface area contributed by atoms with Crippen molar-refractivity contribution < 1.29 is 10.3 Å². The van der Waals surface area contributed by atoms with E-state index in [-0.39, 0.29) is 12.3 Å². The number of furan rings is 2. The summed E-state index contributed by atoms with van der Waals surface area (Å²) in [6.07, 6.45) is 0. The van der Waals surface area contributed by atoms with Gasteiger partial charge in [0.25, 0.3) is 0 Å². The molecule has 2 aliphatic carbocycles. The van der Waals surface area contributed by atoms with Crippen LogP contribution in [0.1, 0.15) is 51.4 Å². The van der Waals surface area contributed by atoms with E-state index < -0.39 is 0 Å². The largest absolute Gasteiger partial charge is 0.455 e. The molecule has 0 saturated carbocycles. The van der Waals surface area contributed by atoms with Crippen molar-refractivity contribution in [1.29, 1.82) is 0 Å². The second-order valence-electron chi connectivity index (χ2n) is 18.4. The predicted octanol–water partition coefficient (Wildman–Crippen LogP) is 17.3. The molecule has 308 valence electrons. The van der Waals surface area contributed by atoms with E-state index in [1.807, 2.05) is 0 Å². The van der Waals surface area contributed by atoms with Crippen LogP contribution in [0.2, 0.25) is 0 Å². The molecule has 0 bridgehead atoms. The van der Waals surface area contributed by atoms with Crippen LogP contribution in [0, 0.1) is 0 Å². The third-order valence-corrected chi connectivity index (χ3v) is 14.2. The first-order valence-electron chi connectivity index (χ1n) is 22.3. The number of hydrogen-bond donors (Lipinski definition) is 0. The minimum Gasteiger partial charge on any atom is -0.455 e. The van der Waals surface area contributed by atoms with Crippen molar-refractivity contribution in [1.82, 2.24) is 0 Å². The van der Waals surface area contributed by atoms with Crippen molar-refractivity contribution in [2.45, 2.75) is 38.5 Å². The first-order valence-corrected chi connectivity index (χ1v) is 22.3. The van der Waals surface area contributed by atoms with E-state index in [0.29, 0.717) is 0 Å². The van der Waals surface area contributed by atoms with Gasteiger partial charge in [-0.2, -0.15) is 0 Å². The quantitative estimate of drug-likeness (QED) is 0.167. The van der Waals surface area contributed by atoms with Gasteiger partial charge in [0.05, 0.1) is 16.8 Å². The summed E-state index contributed by atoms with van der Waals surface area (Å²) in [7, 11) is 0. The van der Waals surface area contributed by atoms with Crippen LogP contribution in [0.15, 0.2) is 203 Å². The summed E-state index contributed by atoms with van der Waals surface area (Å²) in [4.78, 5) is 4.75.